The van der Waals surface area contributed by atoms with E-state index in [1.165, 1.54) is 13.4 Å². The van der Waals surface area contributed by atoms with Crippen molar-refractivity contribution in [1.82, 2.24) is 9.97 Å². The van der Waals surface area contributed by atoms with E-state index in [9.17, 15) is 9.59 Å². The van der Waals surface area contributed by atoms with Crippen LogP contribution in [0.25, 0.3) is 0 Å². The van der Waals surface area contributed by atoms with Gasteiger partial charge in [-0.15, -0.1) is 0 Å². The molecule has 0 unspecified atom stereocenters. The first-order valence-electron chi connectivity index (χ1n) is 7.19. The number of nitrogens with zero attached hydrogens (tertiary/aromatic N) is 2. The first-order chi connectivity index (χ1) is 11.1. The molecule has 1 amide bonds. The monoisotopic (exact) mass is 314 g/mol. The summed E-state index contributed by atoms with van der Waals surface area (Å²) in [4.78, 5) is 31.6. The molecule has 120 valence electrons. The van der Waals surface area contributed by atoms with Gasteiger partial charge in [-0.25, -0.2) is 14.8 Å². The molecule has 23 heavy (non-hydrogen) atoms. The highest BCUT2D eigenvalue weighted by molar-refractivity contribution is 6.03. The van der Waals surface area contributed by atoms with E-state index in [1.54, 1.807) is 30.3 Å². The number of methoxy groups -OCH3 is 1. The third kappa shape index (κ3) is 4.50. The number of esters is 1. The van der Waals surface area contributed by atoms with Crippen LogP contribution in [-0.2, 0) is 4.74 Å². The fourth-order valence-corrected chi connectivity index (χ4v) is 1.83. The predicted octanol–water partition coefficient (Wildman–Crippen LogP) is 2.34. The average molecular weight is 314 g/mol. The van der Waals surface area contributed by atoms with Crippen molar-refractivity contribution in [2.24, 2.45) is 0 Å². The molecule has 0 fully saturated rings. The molecule has 0 radical (unpaired) electrons. The van der Waals surface area contributed by atoms with E-state index in [4.69, 9.17) is 0 Å². The summed E-state index contributed by atoms with van der Waals surface area (Å²) in [6.45, 7) is 2.81. The molecule has 2 aromatic rings. The van der Waals surface area contributed by atoms with Gasteiger partial charge in [0.15, 0.2) is 0 Å². The van der Waals surface area contributed by atoms with E-state index in [0.717, 1.165) is 13.0 Å². The minimum absolute atomic E-state index is 0.260. The highest BCUT2D eigenvalue weighted by Crippen LogP contribution is 2.12. The van der Waals surface area contributed by atoms with Crippen LogP contribution in [0.2, 0.25) is 0 Å². The molecule has 0 spiro atoms. The Morgan fingerprint density at radius 2 is 1.91 bits per heavy atom. The average Bonchev–Trinajstić information content (AvgIpc) is 2.60. The second kappa shape index (κ2) is 7.88. The Balaban J connectivity index is 2.05. The van der Waals surface area contributed by atoms with Gasteiger partial charge in [-0.1, -0.05) is 6.92 Å². The lowest BCUT2D eigenvalue weighted by Crippen LogP contribution is -2.15. The van der Waals surface area contributed by atoms with E-state index >= 15 is 0 Å². The van der Waals surface area contributed by atoms with Gasteiger partial charge in [0.2, 0.25) is 0 Å². The molecule has 0 aliphatic heterocycles. The summed E-state index contributed by atoms with van der Waals surface area (Å²) >= 11 is 0. The zero-order chi connectivity index (χ0) is 16.7. The van der Waals surface area contributed by atoms with Crippen LogP contribution in [-0.4, -0.2) is 35.5 Å². The number of amides is 1. The molecular weight excluding hydrogens is 296 g/mol. The molecule has 0 aliphatic rings. The van der Waals surface area contributed by atoms with Gasteiger partial charge in [-0.2, -0.15) is 0 Å². The minimum Gasteiger partial charge on any atom is -0.465 e. The molecule has 1 aromatic heterocycles. The Labute approximate surface area is 134 Å². The van der Waals surface area contributed by atoms with Crippen molar-refractivity contribution < 1.29 is 14.3 Å². The molecule has 2 N–H and O–H groups in total. The number of carbonyl (C=O) groups excluding carboxylic acids is 2. The number of hydrogen-bond acceptors (Lipinski definition) is 6. The summed E-state index contributed by atoms with van der Waals surface area (Å²) in [6, 6.07) is 8.00. The first kappa shape index (κ1) is 16.4. The van der Waals surface area contributed by atoms with E-state index in [0.29, 0.717) is 17.1 Å². The van der Waals surface area contributed by atoms with Crippen molar-refractivity contribution in [2.45, 2.75) is 13.3 Å². The maximum Gasteiger partial charge on any atom is 0.337 e. The number of anilines is 2. The smallest absolute Gasteiger partial charge is 0.337 e. The Kier molecular flexibility index (Phi) is 5.62. The molecule has 0 bridgehead atoms. The van der Waals surface area contributed by atoms with Crippen LogP contribution in [0.1, 0.15) is 34.2 Å². The number of carbonyl (C=O) groups is 2. The van der Waals surface area contributed by atoms with E-state index in [-0.39, 0.29) is 11.6 Å². The first-order valence-corrected chi connectivity index (χ1v) is 7.19. The van der Waals surface area contributed by atoms with Crippen LogP contribution in [0.3, 0.4) is 0 Å². The maximum absolute atomic E-state index is 12.2. The molecule has 7 heteroatoms. The van der Waals surface area contributed by atoms with Crippen LogP contribution in [0, 0.1) is 0 Å². The minimum atomic E-state index is -0.426. The standard InChI is InChI=1S/C16H18N4O3/c1-3-8-17-14-9-13(18-10-19-14)15(21)20-12-6-4-11(5-7-12)16(22)23-2/h4-7,9-10H,3,8H2,1-2H3,(H,20,21)(H,17,18,19). The number of nitrogens with one attached hydrogen (secondary N) is 2. The number of ether oxygens (including phenoxy) is 1. The van der Waals surface area contributed by atoms with Gasteiger partial charge in [0.1, 0.15) is 17.8 Å². The lowest BCUT2D eigenvalue weighted by molar-refractivity contribution is 0.0600. The van der Waals surface area contributed by atoms with Crippen LogP contribution >= 0.6 is 0 Å². The molecule has 1 aromatic carbocycles. The Morgan fingerprint density at radius 1 is 1.17 bits per heavy atom. The third-order valence-corrected chi connectivity index (χ3v) is 3.02. The summed E-state index contributed by atoms with van der Waals surface area (Å²) < 4.78 is 4.62. The molecule has 2 rings (SSSR count). The zero-order valence-corrected chi connectivity index (χ0v) is 13.0. The summed E-state index contributed by atoms with van der Waals surface area (Å²) in [7, 11) is 1.32. The van der Waals surface area contributed by atoms with Crippen molar-refractivity contribution in [1.29, 1.82) is 0 Å². The van der Waals surface area contributed by atoms with Gasteiger partial charge in [0.25, 0.3) is 5.91 Å². The molecule has 1 heterocycles. The van der Waals surface area contributed by atoms with Crippen molar-refractivity contribution in [2.75, 3.05) is 24.3 Å². The molecule has 7 nitrogen and oxygen atoms in total. The normalized spacial score (nSPS) is 10.0. The Bertz CT molecular complexity index is 686. The summed E-state index contributed by atoms with van der Waals surface area (Å²) in [6.07, 6.45) is 2.30. The van der Waals surface area contributed by atoms with Crippen molar-refractivity contribution >= 4 is 23.4 Å². The van der Waals surface area contributed by atoms with E-state index in [2.05, 4.69) is 25.3 Å². The van der Waals surface area contributed by atoms with E-state index < -0.39 is 5.97 Å². The van der Waals surface area contributed by atoms with Gasteiger partial charge in [0.05, 0.1) is 12.7 Å². The van der Waals surface area contributed by atoms with Crippen LogP contribution in [0.5, 0.6) is 0 Å². The van der Waals surface area contributed by atoms with Crippen LogP contribution < -0.4 is 10.6 Å². The quantitative estimate of drug-likeness (QED) is 0.795. The summed E-state index contributed by atoms with van der Waals surface area (Å²) in [5.41, 5.74) is 1.23. The predicted molar refractivity (Wildman–Crippen MR) is 86.5 cm³/mol. The van der Waals surface area contributed by atoms with Gasteiger partial charge < -0.3 is 15.4 Å². The second-order valence-electron chi connectivity index (χ2n) is 4.74. The van der Waals surface area contributed by atoms with Crippen LogP contribution in [0.4, 0.5) is 11.5 Å². The number of benzene rings is 1. The molecule has 0 saturated heterocycles. The second-order valence-corrected chi connectivity index (χ2v) is 4.74. The number of rotatable bonds is 6. The fourth-order valence-electron chi connectivity index (χ4n) is 1.83. The molecule has 0 saturated carbocycles. The van der Waals surface area contributed by atoms with Crippen LogP contribution in [0.15, 0.2) is 36.7 Å². The topological polar surface area (TPSA) is 93.2 Å². The summed E-state index contributed by atoms with van der Waals surface area (Å²) in [5.74, 6) is -0.170. The highest BCUT2D eigenvalue weighted by Gasteiger charge is 2.10. The SMILES string of the molecule is CCCNc1cc(C(=O)Nc2ccc(C(=O)OC)cc2)ncn1. The van der Waals surface area contributed by atoms with E-state index in [1.807, 2.05) is 6.92 Å². The Morgan fingerprint density at radius 3 is 2.57 bits per heavy atom. The van der Waals surface area contributed by atoms with Gasteiger partial charge in [-0.3, -0.25) is 4.79 Å². The van der Waals surface area contributed by atoms with Gasteiger partial charge >= 0.3 is 5.97 Å². The highest BCUT2D eigenvalue weighted by atomic mass is 16.5. The van der Waals surface area contributed by atoms with Gasteiger partial charge in [0, 0.05) is 18.3 Å². The van der Waals surface area contributed by atoms with Crippen molar-refractivity contribution in [3.63, 3.8) is 0 Å². The lowest BCUT2D eigenvalue weighted by atomic mass is 10.2. The largest absolute Gasteiger partial charge is 0.465 e. The summed E-state index contributed by atoms with van der Waals surface area (Å²) in [5, 5.41) is 5.81. The van der Waals surface area contributed by atoms with Crippen molar-refractivity contribution in [3.05, 3.63) is 47.9 Å². The third-order valence-electron chi connectivity index (χ3n) is 3.02. The fraction of sp³-hybridized carbons (Fsp3) is 0.250. The Hall–Kier alpha value is -2.96. The number of hydrogen-bond donors (Lipinski definition) is 2. The zero-order valence-electron chi connectivity index (χ0n) is 13.0. The lowest BCUT2D eigenvalue weighted by Gasteiger charge is -2.07. The van der Waals surface area contributed by atoms with Gasteiger partial charge in [-0.05, 0) is 30.7 Å². The van der Waals surface area contributed by atoms with Crippen molar-refractivity contribution in [3.8, 4) is 0 Å². The maximum atomic E-state index is 12.2. The molecule has 0 aliphatic carbocycles. The molecule has 0 atom stereocenters. The number of aromatic nitrogens is 2. The molecular formula is C16H18N4O3.